The van der Waals surface area contributed by atoms with Gasteiger partial charge < -0.3 is 4.90 Å². The zero-order valence-electron chi connectivity index (χ0n) is 13.2. The third-order valence-corrected chi connectivity index (χ3v) is 3.10. The fourth-order valence-electron chi connectivity index (χ4n) is 2.01. The maximum absolute atomic E-state index is 12.3. The molecule has 0 unspecified atom stereocenters. The van der Waals surface area contributed by atoms with Crippen molar-refractivity contribution in [1.29, 1.82) is 0 Å². The Kier molecular flexibility index (Phi) is 9.13. The van der Waals surface area contributed by atoms with Crippen molar-refractivity contribution in [3.63, 3.8) is 0 Å². The molecule has 18 heavy (non-hydrogen) atoms. The summed E-state index contributed by atoms with van der Waals surface area (Å²) in [5.74, 6) is 0.340. The van der Waals surface area contributed by atoms with E-state index in [0.29, 0.717) is 12.3 Å². The number of hydrogen-bond donors (Lipinski definition) is 0. The normalized spacial score (nSPS) is 11.6. The van der Waals surface area contributed by atoms with Crippen LogP contribution < -0.4 is 0 Å². The van der Waals surface area contributed by atoms with Gasteiger partial charge >= 0.3 is 0 Å². The Morgan fingerprint density at radius 2 is 1.44 bits per heavy atom. The van der Waals surface area contributed by atoms with E-state index in [1.54, 1.807) is 0 Å². The van der Waals surface area contributed by atoms with Crippen LogP contribution in [0.1, 0.15) is 79.6 Å². The van der Waals surface area contributed by atoms with Crippen molar-refractivity contribution >= 4 is 5.91 Å². The maximum Gasteiger partial charge on any atom is 0.223 e. The molecule has 0 aromatic heterocycles. The smallest absolute Gasteiger partial charge is 0.223 e. The van der Waals surface area contributed by atoms with Crippen molar-refractivity contribution in [2.75, 3.05) is 13.1 Å². The van der Waals surface area contributed by atoms with Crippen LogP contribution in [0, 0.1) is 5.41 Å². The van der Waals surface area contributed by atoms with E-state index in [4.69, 9.17) is 0 Å². The van der Waals surface area contributed by atoms with Crippen LogP contribution in [0.5, 0.6) is 0 Å². The number of unbranched alkanes of at least 4 members (excludes halogenated alkanes) is 4. The first-order valence-corrected chi connectivity index (χ1v) is 7.68. The molecule has 1 amide bonds. The largest absolute Gasteiger partial charge is 0.343 e. The summed E-state index contributed by atoms with van der Waals surface area (Å²) in [6, 6.07) is 0. The summed E-state index contributed by atoms with van der Waals surface area (Å²) >= 11 is 0. The lowest BCUT2D eigenvalue weighted by molar-refractivity contribution is -0.133. The summed E-state index contributed by atoms with van der Waals surface area (Å²) in [5, 5.41) is 0. The second-order valence-electron chi connectivity index (χ2n) is 6.53. The van der Waals surface area contributed by atoms with E-state index in [-0.39, 0.29) is 5.41 Å². The molecule has 0 N–H and O–H groups in total. The van der Waals surface area contributed by atoms with Crippen molar-refractivity contribution in [2.24, 2.45) is 5.41 Å². The molecule has 0 atom stereocenters. The number of amides is 1. The van der Waals surface area contributed by atoms with E-state index in [9.17, 15) is 4.79 Å². The molecular weight excluding hydrogens is 222 g/mol. The summed E-state index contributed by atoms with van der Waals surface area (Å²) in [6.45, 7) is 12.7. The van der Waals surface area contributed by atoms with Crippen molar-refractivity contribution in [3.05, 3.63) is 0 Å². The van der Waals surface area contributed by atoms with E-state index in [0.717, 1.165) is 32.4 Å². The highest BCUT2D eigenvalue weighted by molar-refractivity contribution is 5.76. The number of nitrogens with zero attached hydrogens (tertiary/aromatic N) is 1. The molecule has 2 heteroatoms. The molecule has 108 valence electrons. The molecule has 0 bridgehead atoms. The quantitative estimate of drug-likeness (QED) is 0.550. The van der Waals surface area contributed by atoms with E-state index >= 15 is 0 Å². The second-order valence-corrected chi connectivity index (χ2v) is 6.53. The number of carbonyl (C=O) groups excluding carboxylic acids is 1. The van der Waals surface area contributed by atoms with Crippen LogP contribution in [-0.4, -0.2) is 23.9 Å². The van der Waals surface area contributed by atoms with Gasteiger partial charge in [0.1, 0.15) is 0 Å². The third-order valence-electron chi connectivity index (χ3n) is 3.10. The zero-order chi connectivity index (χ0) is 14.0. The van der Waals surface area contributed by atoms with E-state index < -0.39 is 0 Å². The van der Waals surface area contributed by atoms with E-state index in [1.165, 1.54) is 19.3 Å². The Bertz CT molecular complexity index is 218. The predicted molar refractivity (Wildman–Crippen MR) is 79.7 cm³/mol. The van der Waals surface area contributed by atoms with Crippen molar-refractivity contribution in [1.82, 2.24) is 4.90 Å². The van der Waals surface area contributed by atoms with Crippen LogP contribution in [0.2, 0.25) is 0 Å². The Morgan fingerprint density at radius 1 is 0.889 bits per heavy atom. The molecule has 0 saturated heterocycles. The molecule has 0 rings (SSSR count). The standard InChI is InChI=1S/C16H33NO/c1-6-8-10-11-13-17(12-9-7-2)15(18)14-16(3,4)5/h6-14H2,1-5H3. The number of rotatable bonds is 9. The van der Waals surface area contributed by atoms with E-state index in [1.807, 2.05) is 0 Å². The first-order valence-electron chi connectivity index (χ1n) is 7.68. The lowest BCUT2D eigenvalue weighted by Gasteiger charge is -2.26. The van der Waals surface area contributed by atoms with Gasteiger partial charge in [-0.1, -0.05) is 60.3 Å². The summed E-state index contributed by atoms with van der Waals surface area (Å²) < 4.78 is 0. The highest BCUT2D eigenvalue weighted by atomic mass is 16.2. The Labute approximate surface area is 114 Å². The number of carbonyl (C=O) groups is 1. The molecule has 0 aromatic rings. The summed E-state index contributed by atoms with van der Waals surface area (Å²) in [4.78, 5) is 14.3. The van der Waals surface area contributed by atoms with Gasteiger partial charge in [-0.15, -0.1) is 0 Å². The molecule has 0 saturated carbocycles. The molecule has 0 aliphatic rings. The molecule has 0 fully saturated rings. The minimum atomic E-state index is 0.102. The van der Waals surface area contributed by atoms with Gasteiger partial charge in [0.2, 0.25) is 5.91 Å². The molecule has 2 nitrogen and oxygen atoms in total. The fraction of sp³-hybridized carbons (Fsp3) is 0.938. The molecule has 0 radical (unpaired) electrons. The SMILES string of the molecule is CCCCCCN(CCCC)C(=O)CC(C)(C)C. The molecular formula is C16H33NO. The number of hydrogen-bond acceptors (Lipinski definition) is 1. The van der Waals surface area contributed by atoms with Gasteiger partial charge in [0.05, 0.1) is 0 Å². The van der Waals surface area contributed by atoms with Crippen molar-refractivity contribution < 1.29 is 4.79 Å². The lowest BCUT2D eigenvalue weighted by atomic mass is 9.91. The lowest BCUT2D eigenvalue weighted by Crippen LogP contribution is -2.35. The van der Waals surface area contributed by atoms with Crippen LogP contribution in [0.15, 0.2) is 0 Å². The summed E-state index contributed by atoms with van der Waals surface area (Å²) in [5.41, 5.74) is 0.102. The molecule has 0 aliphatic carbocycles. The Hall–Kier alpha value is -0.530. The second kappa shape index (κ2) is 9.41. The predicted octanol–water partition coefficient (Wildman–Crippen LogP) is 4.63. The van der Waals surface area contributed by atoms with Gasteiger partial charge in [0.15, 0.2) is 0 Å². The van der Waals surface area contributed by atoms with E-state index in [2.05, 4.69) is 39.5 Å². The molecule has 0 aliphatic heterocycles. The highest BCUT2D eigenvalue weighted by Crippen LogP contribution is 2.20. The average Bonchev–Trinajstić information content (AvgIpc) is 2.25. The van der Waals surface area contributed by atoms with Crippen LogP contribution in [-0.2, 0) is 4.79 Å². The van der Waals surface area contributed by atoms with Gasteiger partial charge in [0.25, 0.3) is 0 Å². The first kappa shape index (κ1) is 17.5. The van der Waals surface area contributed by atoms with Gasteiger partial charge in [-0.05, 0) is 18.3 Å². The van der Waals surface area contributed by atoms with Crippen LogP contribution in [0.25, 0.3) is 0 Å². The third kappa shape index (κ3) is 9.49. The average molecular weight is 255 g/mol. The fourth-order valence-corrected chi connectivity index (χ4v) is 2.01. The Morgan fingerprint density at radius 3 is 1.94 bits per heavy atom. The summed E-state index contributed by atoms with van der Waals surface area (Å²) in [6.07, 6.45) is 7.91. The topological polar surface area (TPSA) is 20.3 Å². The van der Waals surface area contributed by atoms with Gasteiger partial charge in [0, 0.05) is 19.5 Å². The monoisotopic (exact) mass is 255 g/mol. The van der Waals surface area contributed by atoms with Crippen LogP contribution >= 0.6 is 0 Å². The van der Waals surface area contributed by atoms with Crippen LogP contribution in [0.4, 0.5) is 0 Å². The van der Waals surface area contributed by atoms with Crippen molar-refractivity contribution in [3.8, 4) is 0 Å². The van der Waals surface area contributed by atoms with Crippen molar-refractivity contribution in [2.45, 2.75) is 79.6 Å². The highest BCUT2D eigenvalue weighted by Gasteiger charge is 2.20. The van der Waals surface area contributed by atoms with Gasteiger partial charge in [-0.3, -0.25) is 4.79 Å². The van der Waals surface area contributed by atoms with Crippen LogP contribution in [0.3, 0.4) is 0 Å². The molecule has 0 spiro atoms. The first-order chi connectivity index (χ1) is 8.40. The van der Waals surface area contributed by atoms with Gasteiger partial charge in [-0.25, -0.2) is 0 Å². The maximum atomic E-state index is 12.3. The minimum Gasteiger partial charge on any atom is -0.343 e. The molecule has 0 aromatic carbocycles. The Balaban J connectivity index is 4.15. The summed E-state index contributed by atoms with van der Waals surface area (Å²) in [7, 11) is 0. The van der Waals surface area contributed by atoms with Gasteiger partial charge in [-0.2, -0.15) is 0 Å². The zero-order valence-corrected chi connectivity index (χ0v) is 13.2. The molecule has 0 heterocycles. The minimum absolute atomic E-state index is 0.102.